The second-order valence-electron chi connectivity index (χ2n) is 6.93. The second kappa shape index (κ2) is 10.5. The van der Waals surface area contributed by atoms with Crippen molar-refractivity contribution in [3.63, 3.8) is 0 Å². The summed E-state index contributed by atoms with van der Waals surface area (Å²) in [7, 11) is 0. The van der Waals surface area contributed by atoms with E-state index in [2.05, 4.69) is 19.2 Å². The van der Waals surface area contributed by atoms with Crippen LogP contribution in [0, 0.1) is 24.2 Å². The van der Waals surface area contributed by atoms with Gasteiger partial charge in [0.15, 0.2) is 11.5 Å². The summed E-state index contributed by atoms with van der Waals surface area (Å²) in [5.41, 5.74) is 2.07. The summed E-state index contributed by atoms with van der Waals surface area (Å²) >= 11 is 5.95. The molecule has 0 unspecified atom stereocenters. The van der Waals surface area contributed by atoms with Gasteiger partial charge in [-0.15, -0.1) is 0 Å². The number of nitrogens with zero attached hydrogens (tertiary/aromatic N) is 1. The molecule has 0 bridgehead atoms. The molecule has 0 aromatic heterocycles. The van der Waals surface area contributed by atoms with Crippen LogP contribution < -0.4 is 14.8 Å². The lowest BCUT2D eigenvalue weighted by Crippen LogP contribution is -2.14. The van der Waals surface area contributed by atoms with E-state index in [1.54, 1.807) is 36.4 Å². The number of carbonyl (C=O) groups excluding carboxylic acids is 1. The molecule has 0 aliphatic rings. The van der Waals surface area contributed by atoms with Gasteiger partial charge in [-0.25, -0.2) is 0 Å². The number of hydrogen-bond donors (Lipinski definition) is 1. The van der Waals surface area contributed by atoms with Crippen molar-refractivity contribution in [2.75, 3.05) is 18.5 Å². The maximum atomic E-state index is 12.5. The van der Waals surface area contributed by atoms with Gasteiger partial charge in [0.1, 0.15) is 11.6 Å². The van der Waals surface area contributed by atoms with E-state index in [0.717, 1.165) is 5.56 Å². The summed E-state index contributed by atoms with van der Waals surface area (Å²) in [4.78, 5) is 12.5. The molecule has 152 valence electrons. The zero-order valence-corrected chi connectivity index (χ0v) is 17.8. The molecule has 0 spiro atoms. The molecule has 0 radical (unpaired) electrons. The van der Waals surface area contributed by atoms with Crippen molar-refractivity contribution in [3.05, 3.63) is 58.1 Å². The van der Waals surface area contributed by atoms with Crippen LogP contribution in [0.4, 0.5) is 5.69 Å². The fraction of sp³-hybridized carbons (Fsp3) is 0.304. The Morgan fingerprint density at radius 3 is 2.59 bits per heavy atom. The molecule has 0 aliphatic carbocycles. The number of halogens is 1. The van der Waals surface area contributed by atoms with Gasteiger partial charge in [-0.2, -0.15) is 5.26 Å². The lowest BCUT2D eigenvalue weighted by molar-refractivity contribution is -0.112. The summed E-state index contributed by atoms with van der Waals surface area (Å²) in [6.07, 6.45) is 1.52. The van der Waals surface area contributed by atoms with Gasteiger partial charge in [-0.3, -0.25) is 4.79 Å². The van der Waals surface area contributed by atoms with Gasteiger partial charge >= 0.3 is 0 Å². The standard InChI is InChI=1S/C23H25ClN2O3/c1-5-28-22-12-17(6-9-21(22)29-14-15(2)3)11-18(13-25)23(27)26-20-8-7-19(24)10-16(20)4/h6-12,15H,5,14H2,1-4H3,(H,26,27)/b18-11+. The highest BCUT2D eigenvalue weighted by Crippen LogP contribution is 2.30. The van der Waals surface area contributed by atoms with E-state index < -0.39 is 5.91 Å². The molecule has 2 rings (SSSR count). The largest absolute Gasteiger partial charge is 0.490 e. The Bertz CT molecular complexity index is 946. The van der Waals surface area contributed by atoms with Crippen LogP contribution in [0.1, 0.15) is 31.9 Å². The lowest BCUT2D eigenvalue weighted by Gasteiger charge is -2.14. The molecule has 29 heavy (non-hydrogen) atoms. The van der Waals surface area contributed by atoms with Crippen molar-refractivity contribution in [2.45, 2.75) is 27.7 Å². The Morgan fingerprint density at radius 2 is 1.97 bits per heavy atom. The average Bonchev–Trinajstić information content (AvgIpc) is 2.67. The lowest BCUT2D eigenvalue weighted by atomic mass is 10.1. The van der Waals surface area contributed by atoms with Crippen LogP contribution in [0.2, 0.25) is 5.02 Å². The minimum absolute atomic E-state index is 0.0161. The second-order valence-corrected chi connectivity index (χ2v) is 7.36. The highest BCUT2D eigenvalue weighted by Gasteiger charge is 2.13. The fourth-order valence-corrected chi connectivity index (χ4v) is 2.76. The van der Waals surface area contributed by atoms with E-state index in [1.165, 1.54) is 6.08 Å². The topological polar surface area (TPSA) is 71.3 Å². The zero-order valence-electron chi connectivity index (χ0n) is 17.1. The quantitative estimate of drug-likeness (QED) is 0.450. The zero-order chi connectivity index (χ0) is 21.4. The first-order chi connectivity index (χ1) is 13.8. The Morgan fingerprint density at radius 1 is 1.21 bits per heavy atom. The first-order valence-electron chi connectivity index (χ1n) is 9.43. The van der Waals surface area contributed by atoms with Crippen LogP contribution in [0.5, 0.6) is 11.5 Å². The van der Waals surface area contributed by atoms with Gasteiger partial charge < -0.3 is 14.8 Å². The van der Waals surface area contributed by atoms with Gasteiger partial charge in [0.25, 0.3) is 5.91 Å². The number of hydrogen-bond acceptors (Lipinski definition) is 4. The van der Waals surface area contributed by atoms with Crippen LogP contribution in [0.25, 0.3) is 6.08 Å². The maximum Gasteiger partial charge on any atom is 0.266 e. The Kier molecular flexibility index (Phi) is 8.11. The maximum absolute atomic E-state index is 12.5. The summed E-state index contributed by atoms with van der Waals surface area (Å²) in [5.74, 6) is 1.11. The SMILES string of the molecule is CCOc1cc(/C=C(\C#N)C(=O)Nc2ccc(Cl)cc2C)ccc1OCC(C)C. The average molecular weight is 413 g/mol. The highest BCUT2D eigenvalue weighted by molar-refractivity contribution is 6.30. The first kappa shape index (κ1) is 22.3. The third kappa shape index (κ3) is 6.55. The molecule has 0 saturated heterocycles. The molecule has 1 N–H and O–H groups in total. The number of rotatable bonds is 8. The predicted octanol–water partition coefficient (Wildman–Crippen LogP) is 5.63. The molecule has 0 atom stereocenters. The molecule has 1 amide bonds. The third-order valence-corrected chi connectivity index (χ3v) is 4.19. The van der Waals surface area contributed by atoms with Crippen molar-refractivity contribution < 1.29 is 14.3 Å². The number of anilines is 1. The summed E-state index contributed by atoms with van der Waals surface area (Å²) < 4.78 is 11.4. The number of ether oxygens (including phenoxy) is 2. The van der Waals surface area contributed by atoms with Crippen LogP contribution in [-0.4, -0.2) is 19.1 Å². The first-order valence-corrected chi connectivity index (χ1v) is 9.80. The van der Waals surface area contributed by atoms with E-state index in [9.17, 15) is 10.1 Å². The van der Waals surface area contributed by atoms with Crippen molar-refractivity contribution >= 4 is 29.3 Å². The third-order valence-electron chi connectivity index (χ3n) is 3.95. The van der Waals surface area contributed by atoms with E-state index >= 15 is 0 Å². The number of carbonyl (C=O) groups is 1. The van der Waals surface area contributed by atoms with Gasteiger partial charge in [-0.05, 0) is 67.3 Å². The minimum atomic E-state index is -0.490. The van der Waals surface area contributed by atoms with Crippen molar-refractivity contribution in [2.24, 2.45) is 5.92 Å². The van der Waals surface area contributed by atoms with Crippen LogP contribution in [0.15, 0.2) is 42.0 Å². The van der Waals surface area contributed by atoms with Gasteiger partial charge in [0.2, 0.25) is 0 Å². The van der Waals surface area contributed by atoms with Gasteiger partial charge in [-0.1, -0.05) is 31.5 Å². The molecule has 0 heterocycles. The monoisotopic (exact) mass is 412 g/mol. The Balaban J connectivity index is 2.25. The van der Waals surface area contributed by atoms with Crippen LogP contribution in [-0.2, 0) is 4.79 Å². The van der Waals surface area contributed by atoms with Crippen LogP contribution >= 0.6 is 11.6 Å². The Labute approximate surface area is 176 Å². The summed E-state index contributed by atoms with van der Waals surface area (Å²) in [6, 6.07) is 12.4. The number of nitrogens with one attached hydrogen (secondary N) is 1. The predicted molar refractivity (Wildman–Crippen MR) is 116 cm³/mol. The van der Waals surface area contributed by atoms with Gasteiger partial charge in [0.05, 0.1) is 13.2 Å². The number of nitriles is 1. The van der Waals surface area contributed by atoms with Crippen molar-refractivity contribution in [1.82, 2.24) is 0 Å². The number of benzene rings is 2. The molecule has 0 fully saturated rings. The smallest absolute Gasteiger partial charge is 0.266 e. The van der Waals surface area contributed by atoms with E-state index in [0.29, 0.717) is 46.9 Å². The molecular formula is C23H25ClN2O3. The molecule has 2 aromatic rings. The van der Waals surface area contributed by atoms with Gasteiger partial charge in [0, 0.05) is 10.7 Å². The molecule has 6 heteroatoms. The normalized spacial score (nSPS) is 11.1. The van der Waals surface area contributed by atoms with E-state index in [4.69, 9.17) is 21.1 Å². The van der Waals surface area contributed by atoms with Crippen molar-refractivity contribution in [3.8, 4) is 17.6 Å². The number of aryl methyl sites for hydroxylation is 1. The number of amides is 1. The molecule has 2 aromatic carbocycles. The van der Waals surface area contributed by atoms with E-state index in [1.807, 2.05) is 19.9 Å². The summed E-state index contributed by atoms with van der Waals surface area (Å²) in [6.45, 7) is 8.91. The molecule has 0 saturated carbocycles. The Hall–Kier alpha value is -2.97. The van der Waals surface area contributed by atoms with Crippen LogP contribution in [0.3, 0.4) is 0 Å². The highest BCUT2D eigenvalue weighted by atomic mass is 35.5. The molecule has 5 nitrogen and oxygen atoms in total. The molecule has 0 aliphatic heterocycles. The minimum Gasteiger partial charge on any atom is -0.490 e. The fourth-order valence-electron chi connectivity index (χ4n) is 2.53. The summed E-state index contributed by atoms with van der Waals surface area (Å²) in [5, 5.41) is 12.8. The molecular weight excluding hydrogens is 388 g/mol. The van der Waals surface area contributed by atoms with E-state index in [-0.39, 0.29) is 5.57 Å². The van der Waals surface area contributed by atoms with Crippen molar-refractivity contribution in [1.29, 1.82) is 5.26 Å².